The highest BCUT2D eigenvalue weighted by atomic mass is 16.7. The summed E-state index contributed by atoms with van der Waals surface area (Å²) in [4.78, 5) is 16.0. The van der Waals surface area contributed by atoms with Gasteiger partial charge in [0.15, 0.2) is 11.5 Å². The summed E-state index contributed by atoms with van der Waals surface area (Å²) in [6.07, 6.45) is 4.79. The first-order chi connectivity index (χ1) is 10.8. The number of anilines is 2. The Morgan fingerprint density at radius 1 is 1.23 bits per heavy atom. The number of ether oxygens (including phenoxy) is 2. The molecule has 0 saturated carbocycles. The lowest BCUT2D eigenvalue weighted by molar-refractivity contribution is 0.0957. The van der Waals surface area contributed by atoms with Crippen molar-refractivity contribution in [3.05, 3.63) is 54.9 Å². The number of amides is 1. The van der Waals surface area contributed by atoms with Gasteiger partial charge in [0.05, 0.1) is 17.4 Å². The number of pyridine rings is 1. The van der Waals surface area contributed by atoms with Crippen molar-refractivity contribution in [2.45, 2.75) is 0 Å². The monoisotopic (exact) mass is 297 g/mol. The molecule has 1 aliphatic rings. The summed E-state index contributed by atoms with van der Waals surface area (Å²) >= 11 is 0. The Hall–Kier alpha value is -3.02. The Morgan fingerprint density at radius 2 is 2.09 bits per heavy atom. The zero-order valence-electron chi connectivity index (χ0n) is 11.8. The smallest absolute Gasteiger partial charge is 0.253 e. The second kappa shape index (κ2) is 6.17. The molecule has 6 heteroatoms. The molecule has 22 heavy (non-hydrogen) atoms. The number of benzene rings is 1. The summed E-state index contributed by atoms with van der Waals surface area (Å²) in [5, 5.41) is 5.90. The number of carbonyl (C=O) groups excluding carboxylic acids is 1. The molecule has 0 unspecified atom stereocenters. The summed E-state index contributed by atoms with van der Waals surface area (Å²) in [6, 6.07) is 7.28. The molecular weight excluding hydrogens is 282 g/mol. The quantitative estimate of drug-likeness (QED) is 0.829. The van der Waals surface area contributed by atoms with Crippen molar-refractivity contribution < 1.29 is 14.3 Å². The zero-order chi connectivity index (χ0) is 15.4. The van der Waals surface area contributed by atoms with Crippen LogP contribution in [-0.4, -0.2) is 24.2 Å². The van der Waals surface area contributed by atoms with Gasteiger partial charge in [-0.2, -0.15) is 0 Å². The van der Waals surface area contributed by atoms with Crippen molar-refractivity contribution in [2.24, 2.45) is 0 Å². The van der Waals surface area contributed by atoms with Crippen molar-refractivity contribution in [1.82, 2.24) is 10.3 Å². The van der Waals surface area contributed by atoms with Gasteiger partial charge in [-0.05, 0) is 18.2 Å². The Morgan fingerprint density at radius 3 is 2.95 bits per heavy atom. The highest BCUT2D eigenvalue weighted by Gasteiger charge is 2.13. The average Bonchev–Trinajstić information content (AvgIpc) is 3.00. The van der Waals surface area contributed by atoms with E-state index in [4.69, 9.17) is 9.47 Å². The first-order valence-corrected chi connectivity index (χ1v) is 6.77. The largest absolute Gasteiger partial charge is 0.454 e. The number of aromatic nitrogens is 1. The lowest BCUT2D eigenvalue weighted by Crippen LogP contribution is -2.23. The van der Waals surface area contributed by atoms with Crippen molar-refractivity contribution in [3.63, 3.8) is 0 Å². The standard InChI is InChI=1S/C16H15N3O3/c1-2-5-18-16(20)11-6-13(9-17-8-11)19-12-3-4-14-15(7-12)22-10-21-14/h2-4,6-9,19H,1,5,10H2,(H,18,20). The Balaban J connectivity index is 1.75. The molecule has 0 aliphatic carbocycles. The lowest BCUT2D eigenvalue weighted by Gasteiger charge is -2.08. The molecule has 1 aliphatic heterocycles. The molecule has 2 aromatic rings. The SMILES string of the molecule is C=CCNC(=O)c1cncc(Nc2ccc3c(c2)OCO3)c1. The molecular formula is C16H15N3O3. The van der Waals surface area contributed by atoms with Crippen LogP contribution in [0.1, 0.15) is 10.4 Å². The van der Waals surface area contributed by atoms with E-state index in [1.807, 2.05) is 18.2 Å². The van der Waals surface area contributed by atoms with Crippen LogP contribution < -0.4 is 20.1 Å². The van der Waals surface area contributed by atoms with Crippen LogP contribution in [0.15, 0.2) is 49.3 Å². The van der Waals surface area contributed by atoms with E-state index >= 15 is 0 Å². The molecule has 0 bridgehead atoms. The molecule has 112 valence electrons. The third-order valence-corrected chi connectivity index (χ3v) is 3.07. The first-order valence-electron chi connectivity index (χ1n) is 6.77. The molecule has 0 saturated heterocycles. The third-order valence-electron chi connectivity index (χ3n) is 3.07. The molecule has 0 atom stereocenters. The predicted molar refractivity (Wildman–Crippen MR) is 82.6 cm³/mol. The minimum absolute atomic E-state index is 0.193. The molecule has 2 N–H and O–H groups in total. The third kappa shape index (κ3) is 3.01. The van der Waals surface area contributed by atoms with Gasteiger partial charge < -0.3 is 20.1 Å². The fraction of sp³-hybridized carbons (Fsp3) is 0.125. The minimum atomic E-state index is -0.193. The van der Waals surface area contributed by atoms with Crippen LogP contribution in [0.3, 0.4) is 0 Å². The molecule has 3 rings (SSSR count). The maximum absolute atomic E-state index is 11.9. The van der Waals surface area contributed by atoms with Crippen molar-refractivity contribution in [2.75, 3.05) is 18.7 Å². The second-order valence-electron chi connectivity index (χ2n) is 4.65. The predicted octanol–water partition coefficient (Wildman–Crippen LogP) is 2.47. The van der Waals surface area contributed by atoms with Crippen LogP contribution in [0.5, 0.6) is 11.5 Å². The van der Waals surface area contributed by atoms with Crippen molar-refractivity contribution >= 4 is 17.3 Å². The summed E-state index contributed by atoms with van der Waals surface area (Å²) in [6.45, 7) is 4.21. The van der Waals surface area contributed by atoms with E-state index in [0.717, 1.165) is 11.4 Å². The molecule has 0 spiro atoms. The van der Waals surface area contributed by atoms with Gasteiger partial charge >= 0.3 is 0 Å². The number of nitrogens with zero attached hydrogens (tertiary/aromatic N) is 1. The zero-order valence-corrected chi connectivity index (χ0v) is 11.8. The summed E-state index contributed by atoms with van der Waals surface area (Å²) in [7, 11) is 0. The van der Waals surface area contributed by atoms with Crippen molar-refractivity contribution in [1.29, 1.82) is 0 Å². The molecule has 2 heterocycles. The van der Waals surface area contributed by atoms with E-state index in [1.54, 1.807) is 18.3 Å². The van der Waals surface area contributed by atoms with Gasteiger partial charge in [-0.3, -0.25) is 9.78 Å². The number of carbonyl (C=O) groups is 1. The maximum Gasteiger partial charge on any atom is 0.253 e. The van der Waals surface area contributed by atoms with Gasteiger partial charge in [0, 0.05) is 24.5 Å². The first kappa shape index (κ1) is 13.9. The summed E-state index contributed by atoms with van der Waals surface area (Å²) < 4.78 is 10.6. The fourth-order valence-electron chi connectivity index (χ4n) is 2.04. The number of hydrogen-bond acceptors (Lipinski definition) is 5. The van der Waals surface area contributed by atoms with Gasteiger partial charge in [0.2, 0.25) is 6.79 Å². The summed E-state index contributed by atoms with van der Waals surface area (Å²) in [5.74, 6) is 1.22. The number of rotatable bonds is 5. The van der Waals surface area contributed by atoms with Crippen LogP contribution in [0.4, 0.5) is 11.4 Å². The Bertz CT molecular complexity index is 716. The number of nitrogens with one attached hydrogen (secondary N) is 2. The van der Waals surface area contributed by atoms with Crippen LogP contribution >= 0.6 is 0 Å². The van der Waals surface area contributed by atoms with Crippen LogP contribution in [-0.2, 0) is 0 Å². The van der Waals surface area contributed by atoms with Gasteiger partial charge in [-0.1, -0.05) is 6.08 Å². The average molecular weight is 297 g/mol. The van der Waals surface area contributed by atoms with Gasteiger partial charge in [-0.25, -0.2) is 0 Å². The van der Waals surface area contributed by atoms with Crippen LogP contribution in [0, 0.1) is 0 Å². The topological polar surface area (TPSA) is 72.5 Å². The summed E-state index contributed by atoms with van der Waals surface area (Å²) in [5.41, 5.74) is 2.02. The molecule has 6 nitrogen and oxygen atoms in total. The second-order valence-corrected chi connectivity index (χ2v) is 4.65. The van der Waals surface area contributed by atoms with Crippen LogP contribution in [0.25, 0.3) is 0 Å². The maximum atomic E-state index is 11.9. The van der Waals surface area contributed by atoms with E-state index in [9.17, 15) is 4.79 Å². The van der Waals surface area contributed by atoms with Crippen LogP contribution in [0.2, 0.25) is 0 Å². The number of fused-ring (bicyclic) bond motifs is 1. The number of hydrogen-bond donors (Lipinski definition) is 2. The fourth-order valence-corrected chi connectivity index (χ4v) is 2.04. The van der Waals surface area contributed by atoms with E-state index in [2.05, 4.69) is 22.2 Å². The Kier molecular flexibility index (Phi) is 3.91. The molecule has 1 amide bonds. The van der Waals surface area contributed by atoms with E-state index in [-0.39, 0.29) is 12.7 Å². The van der Waals surface area contributed by atoms with Gasteiger partial charge in [-0.15, -0.1) is 6.58 Å². The lowest BCUT2D eigenvalue weighted by atomic mass is 10.2. The van der Waals surface area contributed by atoms with Gasteiger partial charge in [0.25, 0.3) is 5.91 Å². The molecule has 0 fully saturated rings. The van der Waals surface area contributed by atoms with E-state index in [1.165, 1.54) is 6.20 Å². The molecule has 0 radical (unpaired) electrons. The molecule has 1 aromatic heterocycles. The van der Waals surface area contributed by atoms with E-state index in [0.29, 0.717) is 23.5 Å². The normalized spacial score (nSPS) is 11.8. The minimum Gasteiger partial charge on any atom is -0.454 e. The Labute approximate surface area is 127 Å². The van der Waals surface area contributed by atoms with Crippen molar-refractivity contribution in [3.8, 4) is 11.5 Å². The highest BCUT2D eigenvalue weighted by Crippen LogP contribution is 2.35. The molecule has 1 aromatic carbocycles. The van der Waals surface area contributed by atoms with E-state index < -0.39 is 0 Å². The van der Waals surface area contributed by atoms with Gasteiger partial charge in [0.1, 0.15) is 0 Å². The highest BCUT2D eigenvalue weighted by molar-refractivity contribution is 5.94.